The zero-order valence-corrected chi connectivity index (χ0v) is 14.3. The summed E-state index contributed by atoms with van der Waals surface area (Å²) in [6, 6.07) is 11.1. The number of hydrogen-bond donors (Lipinski definition) is 0. The van der Waals surface area contributed by atoms with Crippen molar-refractivity contribution in [2.24, 2.45) is 5.10 Å². The quantitative estimate of drug-likeness (QED) is 0.713. The predicted molar refractivity (Wildman–Crippen MR) is 95.4 cm³/mol. The van der Waals surface area contributed by atoms with E-state index in [1.807, 2.05) is 24.3 Å². The van der Waals surface area contributed by atoms with Gasteiger partial charge in [-0.3, -0.25) is 19.1 Å². The van der Waals surface area contributed by atoms with Gasteiger partial charge in [-0.05, 0) is 18.2 Å². The Labute approximate surface area is 149 Å². The molecule has 2 aromatic heterocycles. The van der Waals surface area contributed by atoms with E-state index in [2.05, 4.69) is 10.1 Å². The standard InChI is InChI=1S/C19H16N4O3/c1-12(24)22-11-16(15-5-3-4-6-17(15)22)18-21-23(13(2)25)19(26-18)14-7-9-20-10-8-14/h3-11,19H,1-2H3. The lowest BCUT2D eigenvalue weighted by Gasteiger charge is -2.18. The molecule has 1 aliphatic heterocycles. The fourth-order valence-corrected chi connectivity index (χ4v) is 3.03. The van der Waals surface area contributed by atoms with Crippen LogP contribution in [0, 0.1) is 0 Å². The maximum absolute atomic E-state index is 12.0. The summed E-state index contributed by atoms with van der Waals surface area (Å²) in [5.41, 5.74) is 2.20. The minimum atomic E-state index is -0.662. The van der Waals surface area contributed by atoms with Crippen molar-refractivity contribution in [2.75, 3.05) is 0 Å². The van der Waals surface area contributed by atoms with E-state index in [1.54, 1.807) is 35.3 Å². The lowest BCUT2D eigenvalue weighted by atomic mass is 10.2. The molecular formula is C19H16N4O3. The van der Waals surface area contributed by atoms with Gasteiger partial charge in [-0.25, -0.2) is 0 Å². The van der Waals surface area contributed by atoms with Gasteiger partial charge in [0.15, 0.2) is 0 Å². The molecule has 1 aromatic carbocycles. The summed E-state index contributed by atoms with van der Waals surface area (Å²) in [5, 5.41) is 6.50. The Bertz CT molecular complexity index is 1040. The number of hydrazone groups is 1. The van der Waals surface area contributed by atoms with Gasteiger partial charge in [0.1, 0.15) is 0 Å². The molecule has 1 amide bonds. The average Bonchev–Trinajstić information content (AvgIpc) is 3.24. The van der Waals surface area contributed by atoms with Crippen molar-refractivity contribution in [3.8, 4) is 0 Å². The van der Waals surface area contributed by atoms with E-state index < -0.39 is 6.23 Å². The number of carbonyl (C=O) groups is 2. The van der Waals surface area contributed by atoms with Crippen molar-refractivity contribution in [1.82, 2.24) is 14.6 Å². The van der Waals surface area contributed by atoms with Gasteiger partial charge in [0.25, 0.3) is 0 Å². The molecule has 0 saturated heterocycles. The van der Waals surface area contributed by atoms with Gasteiger partial charge in [-0.15, -0.1) is 5.10 Å². The summed E-state index contributed by atoms with van der Waals surface area (Å²) in [6.07, 6.45) is 4.30. The van der Waals surface area contributed by atoms with Crippen LogP contribution in [0.5, 0.6) is 0 Å². The molecule has 0 spiro atoms. The van der Waals surface area contributed by atoms with Gasteiger partial charge >= 0.3 is 0 Å². The third-order valence-corrected chi connectivity index (χ3v) is 4.24. The SMILES string of the molecule is CC(=O)N1N=C(c2cn(C(C)=O)c3ccccc23)OC1c1ccncc1. The van der Waals surface area contributed by atoms with Crippen molar-refractivity contribution in [3.63, 3.8) is 0 Å². The highest BCUT2D eigenvalue weighted by Crippen LogP contribution is 2.32. The third-order valence-electron chi connectivity index (χ3n) is 4.24. The number of amides is 1. The summed E-state index contributed by atoms with van der Waals surface area (Å²) in [4.78, 5) is 28.0. The molecule has 3 aromatic rings. The van der Waals surface area contributed by atoms with Crippen LogP contribution >= 0.6 is 0 Å². The minimum absolute atomic E-state index is 0.111. The molecule has 1 aliphatic rings. The van der Waals surface area contributed by atoms with Crippen LogP contribution in [0.15, 0.2) is 60.1 Å². The number of pyridine rings is 1. The molecule has 0 bridgehead atoms. The molecule has 3 heterocycles. The first kappa shape index (κ1) is 16.0. The molecule has 0 N–H and O–H groups in total. The van der Waals surface area contributed by atoms with Gasteiger partial charge < -0.3 is 4.74 Å². The van der Waals surface area contributed by atoms with Crippen molar-refractivity contribution in [3.05, 3.63) is 66.1 Å². The van der Waals surface area contributed by atoms with Crippen LogP contribution in [0.4, 0.5) is 0 Å². The molecule has 26 heavy (non-hydrogen) atoms. The lowest BCUT2D eigenvalue weighted by Crippen LogP contribution is -2.25. The molecule has 130 valence electrons. The van der Waals surface area contributed by atoms with Crippen molar-refractivity contribution in [2.45, 2.75) is 20.1 Å². The first-order chi connectivity index (χ1) is 12.6. The topological polar surface area (TPSA) is 76.8 Å². The van der Waals surface area contributed by atoms with Gasteiger partial charge in [-0.1, -0.05) is 18.2 Å². The van der Waals surface area contributed by atoms with Crippen LogP contribution in [-0.2, 0) is 9.53 Å². The van der Waals surface area contributed by atoms with E-state index in [-0.39, 0.29) is 11.8 Å². The lowest BCUT2D eigenvalue weighted by molar-refractivity contribution is -0.135. The molecule has 7 nitrogen and oxygen atoms in total. The second-order valence-corrected chi connectivity index (χ2v) is 5.97. The van der Waals surface area contributed by atoms with Crippen LogP contribution < -0.4 is 0 Å². The van der Waals surface area contributed by atoms with Crippen LogP contribution in [-0.4, -0.2) is 32.3 Å². The monoisotopic (exact) mass is 348 g/mol. The van der Waals surface area contributed by atoms with Crippen LogP contribution in [0.2, 0.25) is 0 Å². The zero-order chi connectivity index (χ0) is 18.3. The Kier molecular flexibility index (Phi) is 3.76. The highest BCUT2D eigenvalue weighted by atomic mass is 16.5. The molecule has 7 heteroatoms. The van der Waals surface area contributed by atoms with Gasteiger partial charge in [0, 0.05) is 43.4 Å². The Morgan fingerprint density at radius 3 is 2.46 bits per heavy atom. The zero-order valence-electron chi connectivity index (χ0n) is 14.3. The number of ether oxygens (including phenoxy) is 1. The van der Waals surface area contributed by atoms with E-state index in [1.165, 1.54) is 18.9 Å². The highest BCUT2D eigenvalue weighted by Gasteiger charge is 2.34. The fourth-order valence-electron chi connectivity index (χ4n) is 3.03. The van der Waals surface area contributed by atoms with Crippen LogP contribution in [0.1, 0.15) is 36.0 Å². The second-order valence-electron chi connectivity index (χ2n) is 5.97. The number of hydrogen-bond acceptors (Lipinski definition) is 5. The second kappa shape index (κ2) is 6.11. The first-order valence-corrected chi connectivity index (χ1v) is 8.12. The molecule has 1 atom stereocenters. The Hall–Kier alpha value is -3.48. The Balaban J connectivity index is 1.82. The number of para-hydroxylation sites is 1. The molecule has 1 unspecified atom stereocenters. The molecule has 0 fully saturated rings. The van der Waals surface area contributed by atoms with E-state index in [9.17, 15) is 9.59 Å². The maximum Gasteiger partial charge on any atom is 0.243 e. The summed E-state index contributed by atoms with van der Waals surface area (Å²) in [6.45, 7) is 2.93. The largest absolute Gasteiger partial charge is 0.446 e. The minimum Gasteiger partial charge on any atom is -0.446 e. The maximum atomic E-state index is 12.0. The smallest absolute Gasteiger partial charge is 0.243 e. The summed E-state index contributed by atoms with van der Waals surface area (Å²) < 4.78 is 7.56. The Morgan fingerprint density at radius 1 is 1.04 bits per heavy atom. The van der Waals surface area contributed by atoms with Gasteiger partial charge in [-0.2, -0.15) is 5.01 Å². The first-order valence-electron chi connectivity index (χ1n) is 8.12. The number of carbonyl (C=O) groups excluding carboxylic acids is 2. The van der Waals surface area contributed by atoms with E-state index in [0.717, 1.165) is 16.5 Å². The van der Waals surface area contributed by atoms with Gasteiger partial charge in [0.2, 0.25) is 23.9 Å². The summed E-state index contributed by atoms with van der Waals surface area (Å²) >= 11 is 0. The van der Waals surface area contributed by atoms with Crippen molar-refractivity contribution < 1.29 is 14.3 Å². The molecule has 0 saturated carbocycles. The number of aromatic nitrogens is 2. The average molecular weight is 348 g/mol. The summed E-state index contributed by atoms with van der Waals surface area (Å²) in [7, 11) is 0. The van der Waals surface area contributed by atoms with Crippen LogP contribution in [0.25, 0.3) is 10.9 Å². The molecule has 4 rings (SSSR count). The molecule has 0 radical (unpaired) electrons. The van der Waals surface area contributed by atoms with Crippen molar-refractivity contribution in [1.29, 1.82) is 0 Å². The third kappa shape index (κ3) is 2.54. The highest BCUT2D eigenvalue weighted by molar-refractivity contribution is 6.10. The van der Waals surface area contributed by atoms with Gasteiger partial charge in [0.05, 0.1) is 11.1 Å². The normalized spacial score (nSPS) is 16.5. The number of rotatable bonds is 2. The van der Waals surface area contributed by atoms with Crippen LogP contribution in [0.3, 0.4) is 0 Å². The fraction of sp³-hybridized carbons (Fsp3) is 0.158. The number of nitrogens with zero attached hydrogens (tertiary/aromatic N) is 4. The Morgan fingerprint density at radius 2 is 1.77 bits per heavy atom. The molecular weight excluding hydrogens is 332 g/mol. The van der Waals surface area contributed by atoms with E-state index in [0.29, 0.717) is 11.5 Å². The number of fused-ring (bicyclic) bond motifs is 1. The summed E-state index contributed by atoms with van der Waals surface area (Å²) in [5.74, 6) is -0.0458. The van der Waals surface area contributed by atoms with E-state index >= 15 is 0 Å². The predicted octanol–water partition coefficient (Wildman–Crippen LogP) is 2.94. The molecule has 0 aliphatic carbocycles. The van der Waals surface area contributed by atoms with Crippen molar-refractivity contribution >= 4 is 28.6 Å². The number of benzene rings is 1. The van der Waals surface area contributed by atoms with E-state index in [4.69, 9.17) is 4.74 Å².